The lowest BCUT2D eigenvalue weighted by Gasteiger charge is -2.49. The van der Waals surface area contributed by atoms with Crippen LogP contribution in [0.1, 0.15) is 25.7 Å². The minimum atomic E-state index is 0.429. The molecule has 1 heteroatoms. The summed E-state index contributed by atoms with van der Waals surface area (Å²) >= 11 is 0. The molecule has 1 nitrogen and oxygen atoms in total. The van der Waals surface area contributed by atoms with Gasteiger partial charge in [-0.3, -0.25) is 4.79 Å². The highest BCUT2D eigenvalue weighted by Crippen LogP contribution is 2.53. The van der Waals surface area contributed by atoms with Crippen LogP contribution >= 0.6 is 0 Å². The van der Waals surface area contributed by atoms with Crippen LogP contribution in [0.4, 0.5) is 0 Å². The van der Waals surface area contributed by atoms with Crippen LogP contribution in [-0.2, 0) is 4.79 Å². The SMILES string of the molecule is C=C1C2CC3CC1CC(C2)C3=O. The van der Waals surface area contributed by atoms with E-state index in [0.29, 0.717) is 29.5 Å². The molecule has 0 N–H and O–H groups in total. The molecule has 0 atom stereocenters. The van der Waals surface area contributed by atoms with Gasteiger partial charge in [-0.1, -0.05) is 12.2 Å². The quantitative estimate of drug-likeness (QED) is 0.499. The van der Waals surface area contributed by atoms with Gasteiger partial charge in [-0.25, -0.2) is 0 Å². The highest BCUT2D eigenvalue weighted by molar-refractivity contribution is 5.86. The highest BCUT2D eigenvalue weighted by atomic mass is 16.1. The van der Waals surface area contributed by atoms with Gasteiger partial charge in [0.15, 0.2) is 0 Å². The Bertz CT molecular complexity index is 206. The molecule has 0 unspecified atom stereocenters. The fourth-order valence-electron chi connectivity index (χ4n) is 3.50. The third-order valence-corrected chi connectivity index (χ3v) is 4.13. The summed E-state index contributed by atoms with van der Waals surface area (Å²) in [4.78, 5) is 11.7. The van der Waals surface area contributed by atoms with Crippen LogP contribution in [0.25, 0.3) is 0 Å². The fraction of sp³-hybridized carbons (Fsp3) is 0.727. The molecule has 4 bridgehead atoms. The van der Waals surface area contributed by atoms with Crippen molar-refractivity contribution < 1.29 is 4.79 Å². The second-order valence-corrected chi connectivity index (χ2v) is 4.71. The summed E-state index contributed by atoms with van der Waals surface area (Å²) in [5.74, 6) is 2.86. The predicted octanol–water partition coefficient (Wildman–Crippen LogP) is 2.18. The van der Waals surface area contributed by atoms with E-state index in [1.807, 2.05) is 0 Å². The molecule has 0 amide bonds. The Hall–Kier alpha value is -0.590. The molecule has 0 aromatic rings. The van der Waals surface area contributed by atoms with E-state index in [2.05, 4.69) is 6.58 Å². The summed E-state index contributed by atoms with van der Waals surface area (Å²) in [6.07, 6.45) is 4.52. The predicted molar refractivity (Wildman–Crippen MR) is 46.6 cm³/mol. The van der Waals surface area contributed by atoms with E-state index in [4.69, 9.17) is 0 Å². The van der Waals surface area contributed by atoms with E-state index in [-0.39, 0.29) is 0 Å². The number of allylic oxidation sites excluding steroid dienone is 1. The monoisotopic (exact) mass is 162 g/mol. The zero-order valence-electron chi connectivity index (χ0n) is 7.25. The smallest absolute Gasteiger partial charge is 0.139 e. The van der Waals surface area contributed by atoms with Gasteiger partial charge in [0.2, 0.25) is 0 Å². The Balaban J connectivity index is 2.01. The highest BCUT2D eigenvalue weighted by Gasteiger charge is 2.49. The average Bonchev–Trinajstić information content (AvgIpc) is 2.02. The molecule has 0 aromatic heterocycles. The van der Waals surface area contributed by atoms with Crippen LogP contribution in [0.3, 0.4) is 0 Å². The van der Waals surface area contributed by atoms with Gasteiger partial charge in [-0.05, 0) is 37.5 Å². The van der Waals surface area contributed by atoms with Gasteiger partial charge < -0.3 is 0 Å². The first-order valence-corrected chi connectivity index (χ1v) is 4.98. The summed E-state index contributed by atoms with van der Waals surface area (Å²) in [5, 5.41) is 0. The van der Waals surface area contributed by atoms with Crippen molar-refractivity contribution in [2.75, 3.05) is 0 Å². The number of hydrogen-bond donors (Lipinski definition) is 0. The van der Waals surface area contributed by atoms with Crippen molar-refractivity contribution in [1.29, 1.82) is 0 Å². The van der Waals surface area contributed by atoms with Gasteiger partial charge in [-0.15, -0.1) is 0 Å². The molecular formula is C11H14O. The van der Waals surface area contributed by atoms with Crippen LogP contribution in [-0.4, -0.2) is 5.78 Å². The molecule has 4 rings (SSSR count). The van der Waals surface area contributed by atoms with Crippen molar-refractivity contribution in [3.63, 3.8) is 0 Å². The van der Waals surface area contributed by atoms with Crippen molar-refractivity contribution >= 4 is 5.78 Å². The standard InChI is InChI=1S/C11H14O/c1-6-7-2-9-4-8(6)5-10(3-7)11(9)12/h7-10H,1-5H2. The lowest BCUT2D eigenvalue weighted by molar-refractivity contribution is -0.136. The number of Topliss-reactive ketones (excluding diaryl/α,β-unsaturated/α-hetero) is 1. The number of hydrogen-bond acceptors (Lipinski definition) is 1. The van der Waals surface area contributed by atoms with Gasteiger partial charge in [0, 0.05) is 11.8 Å². The summed E-state index contributed by atoms with van der Waals surface area (Å²) in [6, 6.07) is 0. The number of carbonyl (C=O) groups excluding carboxylic acids is 1. The first kappa shape index (κ1) is 6.88. The Morgan fingerprint density at radius 1 is 0.917 bits per heavy atom. The van der Waals surface area contributed by atoms with E-state index in [1.54, 1.807) is 0 Å². The fourth-order valence-corrected chi connectivity index (χ4v) is 3.50. The molecule has 4 saturated carbocycles. The first-order valence-electron chi connectivity index (χ1n) is 4.98. The van der Waals surface area contributed by atoms with Crippen molar-refractivity contribution in [1.82, 2.24) is 0 Å². The lowest BCUT2D eigenvalue weighted by atomic mass is 9.54. The lowest BCUT2D eigenvalue weighted by Crippen LogP contribution is -2.46. The van der Waals surface area contributed by atoms with Gasteiger partial charge in [-0.2, -0.15) is 0 Å². The minimum absolute atomic E-state index is 0.429. The van der Waals surface area contributed by atoms with Crippen LogP contribution in [0.2, 0.25) is 0 Å². The molecule has 12 heavy (non-hydrogen) atoms. The molecule has 4 fully saturated rings. The van der Waals surface area contributed by atoms with Crippen molar-refractivity contribution in [3.05, 3.63) is 12.2 Å². The zero-order chi connectivity index (χ0) is 8.29. The summed E-state index contributed by atoms with van der Waals surface area (Å²) < 4.78 is 0. The third-order valence-electron chi connectivity index (χ3n) is 4.13. The molecule has 64 valence electrons. The van der Waals surface area contributed by atoms with Crippen LogP contribution in [0.5, 0.6) is 0 Å². The maximum atomic E-state index is 11.7. The zero-order valence-corrected chi connectivity index (χ0v) is 7.25. The molecule has 4 aliphatic rings. The number of rotatable bonds is 0. The Morgan fingerprint density at radius 2 is 1.33 bits per heavy atom. The van der Waals surface area contributed by atoms with E-state index >= 15 is 0 Å². The third kappa shape index (κ3) is 0.675. The summed E-state index contributed by atoms with van der Waals surface area (Å²) in [6.45, 7) is 4.17. The molecule has 0 saturated heterocycles. The van der Waals surface area contributed by atoms with Gasteiger partial charge in [0.25, 0.3) is 0 Å². The van der Waals surface area contributed by atoms with Gasteiger partial charge in [0.1, 0.15) is 5.78 Å². The van der Waals surface area contributed by atoms with Gasteiger partial charge in [0.05, 0.1) is 0 Å². The number of ketones is 1. The molecule has 4 aliphatic carbocycles. The van der Waals surface area contributed by atoms with E-state index in [9.17, 15) is 4.79 Å². The maximum Gasteiger partial charge on any atom is 0.139 e. The first-order chi connectivity index (χ1) is 5.75. The van der Waals surface area contributed by atoms with Crippen LogP contribution in [0, 0.1) is 23.7 Å². The van der Waals surface area contributed by atoms with Crippen molar-refractivity contribution in [2.24, 2.45) is 23.7 Å². The topological polar surface area (TPSA) is 17.1 Å². The average molecular weight is 162 g/mol. The van der Waals surface area contributed by atoms with Crippen LogP contribution in [0.15, 0.2) is 12.2 Å². The molecule has 0 spiro atoms. The maximum absolute atomic E-state index is 11.7. The summed E-state index contributed by atoms with van der Waals surface area (Å²) in [5.41, 5.74) is 1.47. The van der Waals surface area contributed by atoms with E-state index in [0.717, 1.165) is 25.7 Å². The van der Waals surface area contributed by atoms with Gasteiger partial charge >= 0.3 is 0 Å². The molecule has 0 radical (unpaired) electrons. The van der Waals surface area contributed by atoms with Crippen molar-refractivity contribution in [3.8, 4) is 0 Å². The molecule has 0 heterocycles. The second kappa shape index (κ2) is 2.01. The van der Waals surface area contributed by atoms with Crippen molar-refractivity contribution in [2.45, 2.75) is 25.7 Å². The van der Waals surface area contributed by atoms with Crippen LogP contribution < -0.4 is 0 Å². The molecule has 0 aliphatic heterocycles. The Labute approximate surface area is 72.8 Å². The number of carbonyl (C=O) groups is 1. The minimum Gasteiger partial charge on any atom is -0.299 e. The second-order valence-electron chi connectivity index (χ2n) is 4.71. The van der Waals surface area contributed by atoms with E-state index in [1.165, 1.54) is 5.57 Å². The molecular weight excluding hydrogens is 148 g/mol. The largest absolute Gasteiger partial charge is 0.299 e. The Morgan fingerprint density at radius 3 is 1.75 bits per heavy atom. The normalized spacial score (nSPS) is 50.3. The van der Waals surface area contributed by atoms with E-state index < -0.39 is 0 Å². The summed E-state index contributed by atoms with van der Waals surface area (Å²) in [7, 11) is 0. The molecule has 0 aromatic carbocycles. The Kier molecular flexibility index (Phi) is 1.15.